The van der Waals surface area contributed by atoms with Crippen LogP contribution < -0.4 is 20.3 Å². The van der Waals surface area contributed by atoms with Crippen molar-refractivity contribution >= 4 is 40.3 Å². The molecule has 0 radical (unpaired) electrons. The first kappa shape index (κ1) is 20.6. The number of hydrogen-bond donors (Lipinski definition) is 2. The number of methoxy groups -OCH3 is 1. The third kappa shape index (κ3) is 4.41. The molecule has 1 atom stereocenters. The Bertz CT molecular complexity index is 1150. The number of likely N-dealkylation sites (N-methyl/N-ethyl adjacent to an activating group) is 1. The van der Waals surface area contributed by atoms with Crippen LogP contribution in [0.2, 0.25) is 0 Å². The lowest BCUT2D eigenvalue weighted by Crippen LogP contribution is -2.47. The smallest absolute Gasteiger partial charge is 0.272 e. The van der Waals surface area contributed by atoms with Crippen molar-refractivity contribution in [3.8, 4) is 5.75 Å². The molecule has 1 aliphatic rings. The average molecular weight is 431 g/mol. The van der Waals surface area contributed by atoms with E-state index in [9.17, 15) is 4.79 Å². The topological polar surface area (TPSA) is 66.0 Å². The van der Waals surface area contributed by atoms with Gasteiger partial charge in [-0.3, -0.25) is 4.79 Å². The molecule has 0 aromatic heterocycles. The number of amides is 1. The van der Waals surface area contributed by atoms with Crippen LogP contribution in [0.25, 0.3) is 0 Å². The molecule has 0 aliphatic carbocycles. The Labute approximate surface area is 186 Å². The van der Waals surface area contributed by atoms with E-state index in [-0.39, 0.29) is 5.91 Å². The number of hydrogen-bond acceptors (Lipinski definition) is 4. The second-order valence-electron chi connectivity index (χ2n) is 6.99. The van der Waals surface area contributed by atoms with Gasteiger partial charge < -0.3 is 20.3 Å². The van der Waals surface area contributed by atoms with Gasteiger partial charge in [-0.15, -0.1) is 0 Å². The number of nitrogens with zero attached hydrogens (tertiary/aromatic N) is 2. The highest BCUT2D eigenvalue weighted by Gasteiger charge is 2.30. The largest absolute Gasteiger partial charge is 0.497 e. The molecule has 2 N–H and O–H groups in total. The maximum Gasteiger partial charge on any atom is 0.272 e. The van der Waals surface area contributed by atoms with Crippen molar-refractivity contribution in [1.29, 1.82) is 0 Å². The minimum atomic E-state index is -0.877. The molecule has 31 heavy (non-hydrogen) atoms. The molecule has 7 heteroatoms. The molecule has 3 aromatic carbocycles. The molecule has 1 aliphatic heterocycles. The van der Waals surface area contributed by atoms with E-state index >= 15 is 0 Å². The summed E-state index contributed by atoms with van der Waals surface area (Å²) in [5, 5.41) is 6.45. The molecule has 3 aromatic rings. The first-order valence-electron chi connectivity index (χ1n) is 9.78. The molecule has 6 nitrogen and oxygen atoms in total. The van der Waals surface area contributed by atoms with Crippen molar-refractivity contribution in [2.75, 3.05) is 24.4 Å². The van der Waals surface area contributed by atoms with Gasteiger partial charge in [-0.05, 0) is 30.4 Å². The minimum Gasteiger partial charge on any atom is -0.497 e. The number of benzene rings is 3. The van der Waals surface area contributed by atoms with Crippen LogP contribution in [0, 0.1) is 0 Å². The fourth-order valence-corrected chi connectivity index (χ4v) is 3.66. The Kier molecular flexibility index (Phi) is 5.95. The zero-order chi connectivity index (χ0) is 21.8. The average Bonchev–Trinajstić information content (AvgIpc) is 2.90. The van der Waals surface area contributed by atoms with Gasteiger partial charge in [0, 0.05) is 29.9 Å². The van der Waals surface area contributed by atoms with Gasteiger partial charge in [0.2, 0.25) is 6.17 Å². The lowest BCUT2D eigenvalue weighted by molar-refractivity contribution is -0.119. The maximum atomic E-state index is 13.2. The number of para-hydroxylation sites is 1. The van der Waals surface area contributed by atoms with Gasteiger partial charge in [-0.2, -0.15) is 0 Å². The van der Waals surface area contributed by atoms with E-state index in [2.05, 4.69) is 10.6 Å². The van der Waals surface area contributed by atoms with Gasteiger partial charge in [0.15, 0.2) is 5.11 Å². The molecule has 4 rings (SSSR count). The van der Waals surface area contributed by atoms with E-state index in [1.807, 2.05) is 78.9 Å². The second kappa shape index (κ2) is 8.97. The lowest BCUT2D eigenvalue weighted by Gasteiger charge is -2.22. The summed E-state index contributed by atoms with van der Waals surface area (Å²) in [5.41, 5.74) is 4.10. The summed E-state index contributed by atoms with van der Waals surface area (Å²) in [6, 6.07) is 25.0. The first-order chi connectivity index (χ1) is 15.1. The molecule has 0 saturated carbocycles. The molecule has 1 unspecified atom stereocenters. The standard InChI is InChI=1S/C24H22N4O2S/c1-28-20-14-7-6-13-19(20)21(16-9-4-3-5-10-16)26-22(23(28)29)27-24(31)25-17-11-8-12-18(15-17)30-2/h3-15,22H,1-2H3,(H2,25,27,31). The van der Waals surface area contributed by atoms with E-state index < -0.39 is 6.17 Å². The summed E-state index contributed by atoms with van der Waals surface area (Å²) in [6.45, 7) is 0. The second-order valence-corrected chi connectivity index (χ2v) is 7.40. The summed E-state index contributed by atoms with van der Waals surface area (Å²) in [7, 11) is 3.35. The van der Waals surface area contributed by atoms with Crippen LogP contribution in [-0.2, 0) is 4.79 Å². The Balaban J connectivity index is 1.66. The lowest BCUT2D eigenvalue weighted by atomic mass is 10.0. The summed E-state index contributed by atoms with van der Waals surface area (Å²) in [5.74, 6) is 0.506. The van der Waals surface area contributed by atoms with Gasteiger partial charge >= 0.3 is 0 Å². The number of rotatable bonds is 4. The van der Waals surface area contributed by atoms with Crippen LogP contribution in [0.3, 0.4) is 0 Å². The number of thiocarbonyl (C=S) groups is 1. The van der Waals surface area contributed by atoms with Crippen molar-refractivity contribution in [2.24, 2.45) is 4.99 Å². The summed E-state index contributed by atoms with van der Waals surface area (Å²) in [4.78, 5) is 19.6. The molecule has 1 heterocycles. The fraction of sp³-hybridized carbons (Fsp3) is 0.125. The molecular weight excluding hydrogens is 408 g/mol. The molecule has 1 amide bonds. The minimum absolute atomic E-state index is 0.201. The maximum absolute atomic E-state index is 13.2. The van der Waals surface area contributed by atoms with E-state index in [0.29, 0.717) is 10.9 Å². The summed E-state index contributed by atoms with van der Waals surface area (Å²) < 4.78 is 5.25. The van der Waals surface area contributed by atoms with Crippen LogP contribution in [0.4, 0.5) is 11.4 Å². The zero-order valence-corrected chi connectivity index (χ0v) is 18.0. The first-order valence-corrected chi connectivity index (χ1v) is 10.2. The summed E-state index contributed by atoms with van der Waals surface area (Å²) in [6.07, 6.45) is -0.877. The van der Waals surface area contributed by atoms with E-state index in [1.165, 1.54) is 0 Å². The zero-order valence-electron chi connectivity index (χ0n) is 17.2. The molecular formula is C24H22N4O2S. The quantitative estimate of drug-likeness (QED) is 0.616. The summed E-state index contributed by atoms with van der Waals surface area (Å²) >= 11 is 5.47. The number of nitrogens with one attached hydrogen (secondary N) is 2. The molecule has 0 saturated heterocycles. The number of carbonyl (C=O) groups excluding carboxylic acids is 1. The third-order valence-corrected chi connectivity index (χ3v) is 5.21. The SMILES string of the molecule is COc1cccc(NC(=S)NC2N=C(c3ccccc3)c3ccccc3N(C)C2=O)c1. The number of benzodiazepines with no additional fused rings is 1. The van der Waals surface area contributed by atoms with Crippen LogP contribution in [0.1, 0.15) is 11.1 Å². The number of aliphatic imine (C=N–C) groups is 1. The van der Waals surface area contributed by atoms with Gasteiger partial charge in [0.25, 0.3) is 5.91 Å². The number of fused-ring (bicyclic) bond motifs is 1. The van der Waals surface area contributed by atoms with E-state index in [4.69, 9.17) is 21.9 Å². The van der Waals surface area contributed by atoms with Crippen molar-refractivity contribution < 1.29 is 9.53 Å². The Hall–Kier alpha value is -3.71. The highest BCUT2D eigenvalue weighted by Crippen LogP contribution is 2.27. The van der Waals surface area contributed by atoms with Crippen LogP contribution in [-0.4, -0.2) is 37.1 Å². The van der Waals surface area contributed by atoms with Crippen molar-refractivity contribution in [3.63, 3.8) is 0 Å². The monoisotopic (exact) mass is 430 g/mol. The number of carbonyl (C=O) groups is 1. The van der Waals surface area contributed by atoms with Crippen molar-refractivity contribution in [2.45, 2.75) is 6.17 Å². The normalized spacial score (nSPS) is 15.4. The highest BCUT2D eigenvalue weighted by molar-refractivity contribution is 7.80. The molecule has 0 spiro atoms. The molecule has 0 bridgehead atoms. The molecule has 156 valence electrons. The Morgan fingerprint density at radius 3 is 2.55 bits per heavy atom. The van der Waals surface area contributed by atoms with Gasteiger partial charge in [-0.1, -0.05) is 54.6 Å². The van der Waals surface area contributed by atoms with E-state index in [1.54, 1.807) is 19.1 Å². The van der Waals surface area contributed by atoms with Gasteiger partial charge in [0.1, 0.15) is 5.75 Å². The Morgan fingerprint density at radius 1 is 1.03 bits per heavy atom. The number of ether oxygens (including phenoxy) is 1. The van der Waals surface area contributed by atoms with E-state index in [0.717, 1.165) is 28.2 Å². The molecule has 0 fully saturated rings. The van der Waals surface area contributed by atoms with Gasteiger partial charge in [0.05, 0.1) is 18.5 Å². The van der Waals surface area contributed by atoms with Gasteiger partial charge in [-0.25, -0.2) is 4.99 Å². The fourth-order valence-electron chi connectivity index (χ4n) is 3.43. The number of anilines is 2. The predicted octanol–water partition coefficient (Wildman–Crippen LogP) is 3.82. The third-order valence-electron chi connectivity index (χ3n) is 4.99. The Morgan fingerprint density at radius 2 is 1.77 bits per heavy atom. The highest BCUT2D eigenvalue weighted by atomic mass is 32.1. The van der Waals surface area contributed by atoms with Crippen LogP contribution >= 0.6 is 12.2 Å². The van der Waals surface area contributed by atoms with Crippen LogP contribution in [0.15, 0.2) is 83.9 Å². The van der Waals surface area contributed by atoms with Crippen LogP contribution in [0.5, 0.6) is 5.75 Å². The van der Waals surface area contributed by atoms with Crippen molar-refractivity contribution in [1.82, 2.24) is 5.32 Å². The van der Waals surface area contributed by atoms with Crippen molar-refractivity contribution in [3.05, 3.63) is 90.0 Å². The predicted molar refractivity (Wildman–Crippen MR) is 128 cm³/mol.